The van der Waals surface area contributed by atoms with Crippen LogP contribution < -0.4 is 15.5 Å². The molecule has 2 N–H and O–H groups in total. The number of anilines is 4. The van der Waals surface area contributed by atoms with Gasteiger partial charge in [-0.2, -0.15) is 5.26 Å². The number of likely N-dealkylation sites (N-methyl/N-ethyl adjacent to an activating group) is 2. The summed E-state index contributed by atoms with van der Waals surface area (Å²) < 4.78 is 8.05. The largest absolute Gasteiger partial charge is 0.373 e. The van der Waals surface area contributed by atoms with Crippen molar-refractivity contribution in [3.8, 4) is 17.3 Å². The number of ether oxygens (including phenoxy) is 1. The fourth-order valence-electron chi connectivity index (χ4n) is 5.08. The van der Waals surface area contributed by atoms with E-state index in [1.807, 2.05) is 52.3 Å². The highest BCUT2D eigenvalue weighted by molar-refractivity contribution is 6.02. The Kier molecular flexibility index (Phi) is 8.01. The number of benzene rings is 2. The van der Waals surface area contributed by atoms with Gasteiger partial charge in [-0.05, 0) is 50.9 Å². The molecule has 5 rings (SSSR count). The summed E-state index contributed by atoms with van der Waals surface area (Å²) in [6, 6.07) is 14.3. The van der Waals surface area contributed by atoms with E-state index in [0.717, 1.165) is 58.7 Å². The summed E-state index contributed by atoms with van der Waals surface area (Å²) >= 11 is 0. The molecule has 1 aliphatic rings. The maximum Gasteiger partial charge on any atom is 0.247 e. The predicted molar refractivity (Wildman–Crippen MR) is 162 cm³/mol. The number of aryl methyl sites for hydroxylation is 1. The molecule has 0 saturated carbocycles. The summed E-state index contributed by atoms with van der Waals surface area (Å²) in [7, 11) is 6.05. The lowest BCUT2D eigenvalue weighted by atomic mass is 10.0. The van der Waals surface area contributed by atoms with Crippen molar-refractivity contribution in [1.29, 1.82) is 5.26 Å². The first-order chi connectivity index (χ1) is 19.8. The van der Waals surface area contributed by atoms with Crippen LogP contribution in [0.4, 0.5) is 23.0 Å². The SMILES string of the molecule is C=CC(=O)Nc1cc(Nc2ncc(C#N)c(-c3c4n(c5ccccc35)CCOC4)n2)c(C)cc1N(C)CCN(C)C. The number of nitrogens with one attached hydrogen (secondary N) is 2. The minimum atomic E-state index is -0.299. The van der Waals surface area contributed by atoms with E-state index < -0.39 is 0 Å². The molecule has 41 heavy (non-hydrogen) atoms. The van der Waals surface area contributed by atoms with Gasteiger partial charge in [0.2, 0.25) is 11.9 Å². The van der Waals surface area contributed by atoms with Gasteiger partial charge in [0.05, 0.1) is 47.7 Å². The van der Waals surface area contributed by atoms with E-state index in [4.69, 9.17) is 9.72 Å². The van der Waals surface area contributed by atoms with Crippen LogP contribution in [-0.2, 0) is 22.7 Å². The second kappa shape index (κ2) is 11.8. The van der Waals surface area contributed by atoms with E-state index in [0.29, 0.717) is 36.1 Å². The maximum absolute atomic E-state index is 12.3. The summed E-state index contributed by atoms with van der Waals surface area (Å²) in [5.41, 5.74) is 7.11. The van der Waals surface area contributed by atoms with Gasteiger partial charge in [0, 0.05) is 48.8 Å². The van der Waals surface area contributed by atoms with Crippen LogP contribution in [0.5, 0.6) is 0 Å². The van der Waals surface area contributed by atoms with E-state index in [1.54, 1.807) is 6.20 Å². The Labute approximate surface area is 239 Å². The number of carbonyl (C=O) groups is 1. The lowest BCUT2D eigenvalue weighted by molar-refractivity contribution is -0.111. The molecule has 0 unspecified atom stereocenters. The summed E-state index contributed by atoms with van der Waals surface area (Å²) in [5, 5.41) is 17.3. The van der Waals surface area contributed by atoms with Gasteiger partial charge >= 0.3 is 0 Å². The highest BCUT2D eigenvalue weighted by atomic mass is 16.5. The fraction of sp³-hybridized carbons (Fsp3) is 0.290. The van der Waals surface area contributed by atoms with Crippen molar-refractivity contribution < 1.29 is 9.53 Å². The zero-order chi connectivity index (χ0) is 29.1. The highest BCUT2D eigenvalue weighted by Crippen LogP contribution is 2.38. The minimum absolute atomic E-state index is 0.299. The van der Waals surface area contributed by atoms with Gasteiger partial charge in [-0.3, -0.25) is 4.79 Å². The molecule has 0 spiro atoms. The number of amides is 1. The zero-order valence-electron chi connectivity index (χ0n) is 23.9. The summed E-state index contributed by atoms with van der Waals surface area (Å²) in [5.74, 6) is 0.0455. The van der Waals surface area contributed by atoms with E-state index in [9.17, 15) is 10.1 Å². The van der Waals surface area contributed by atoms with Gasteiger partial charge in [0.25, 0.3) is 0 Å². The van der Waals surface area contributed by atoms with Crippen LogP contribution in [0.25, 0.3) is 22.2 Å². The van der Waals surface area contributed by atoms with Crippen LogP contribution >= 0.6 is 0 Å². The molecule has 1 amide bonds. The van der Waals surface area contributed by atoms with Crippen LogP contribution in [0.2, 0.25) is 0 Å². The van der Waals surface area contributed by atoms with Crippen LogP contribution in [0.15, 0.2) is 55.3 Å². The number of para-hydroxylation sites is 1. The van der Waals surface area contributed by atoms with Gasteiger partial charge < -0.3 is 29.7 Å². The Balaban J connectivity index is 1.56. The first kappa shape index (κ1) is 27.8. The van der Waals surface area contributed by atoms with E-state index in [2.05, 4.69) is 54.8 Å². The third-order valence-corrected chi connectivity index (χ3v) is 7.25. The first-order valence-electron chi connectivity index (χ1n) is 13.5. The van der Waals surface area contributed by atoms with E-state index in [-0.39, 0.29) is 5.91 Å². The molecular formula is C31H34N8O2. The molecule has 0 radical (unpaired) electrons. The third kappa shape index (κ3) is 5.63. The van der Waals surface area contributed by atoms with Crippen LogP contribution in [0, 0.1) is 18.3 Å². The topological polar surface area (TPSA) is 111 Å². The van der Waals surface area contributed by atoms with Crippen LogP contribution in [-0.4, -0.2) is 66.2 Å². The number of aromatic nitrogens is 3. The molecule has 4 aromatic rings. The molecule has 0 bridgehead atoms. The Hall–Kier alpha value is -4.72. The van der Waals surface area contributed by atoms with Crippen molar-refractivity contribution in [2.75, 3.05) is 56.4 Å². The molecule has 10 heteroatoms. The van der Waals surface area contributed by atoms with Crippen LogP contribution in [0.1, 0.15) is 16.8 Å². The summed E-state index contributed by atoms with van der Waals surface area (Å²) in [4.78, 5) is 25.8. The van der Waals surface area contributed by atoms with Crippen molar-refractivity contribution in [2.45, 2.75) is 20.1 Å². The number of nitriles is 1. The normalized spacial score (nSPS) is 12.6. The van der Waals surface area contributed by atoms with Crippen molar-refractivity contribution in [3.63, 3.8) is 0 Å². The molecule has 1 aliphatic heterocycles. The van der Waals surface area contributed by atoms with E-state index >= 15 is 0 Å². The maximum atomic E-state index is 12.3. The standard InChI is InChI=1S/C31H34N8O2/c1-6-28(40)34-24-16-23(20(2)15-26(24)38(5)12-11-37(3)4)35-31-33-18-21(17-32)30(36-31)29-22-9-7-8-10-25(22)39-13-14-41-19-27(29)39/h6-10,15-16,18H,1,11-14,19H2,2-5H3,(H,34,40)(H,33,35,36). The van der Waals surface area contributed by atoms with Crippen molar-refractivity contribution in [1.82, 2.24) is 19.4 Å². The van der Waals surface area contributed by atoms with Crippen molar-refractivity contribution in [3.05, 3.63) is 72.1 Å². The molecule has 210 valence electrons. The number of nitrogens with zero attached hydrogens (tertiary/aromatic N) is 6. The number of fused-ring (bicyclic) bond motifs is 3. The Morgan fingerprint density at radius 1 is 1.22 bits per heavy atom. The number of hydrogen-bond donors (Lipinski definition) is 2. The number of rotatable bonds is 9. The smallest absolute Gasteiger partial charge is 0.247 e. The average Bonchev–Trinajstić information content (AvgIpc) is 3.31. The summed E-state index contributed by atoms with van der Waals surface area (Å²) in [6.07, 6.45) is 2.80. The highest BCUT2D eigenvalue weighted by Gasteiger charge is 2.24. The fourth-order valence-corrected chi connectivity index (χ4v) is 5.08. The molecule has 0 fully saturated rings. The average molecular weight is 551 g/mol. The van der Waals surface area contributed by atoms with Crippen LogP contribution in [0.3, 0.4) is 0 Å². The molecule has 3 heterocycles. The van der Waals surface area contributed by atoms with Crippen molar-refractivity contribution in [2.24, 2.45) is 0 Å². The Morgan fingerprint density at radius 3 is 2.78 bits per heavy atom. The lowest BCUT2D eigenvalue weighted by Crippen LogP contribution is -2.29. The quantitative estimate of drug-likeness (QED) is 0.289. The molecule has 2 aromatic heterocycles. The molecule has 2 aromatic carbocycles. The molecule has 0 atom stereocenters. The van der Waals surface area contributed by atoms with E-state index in [1.165, 1.54) is 6.08 Å². The second-order valence-corrected chi connectivity index (χ2v) is 10.3. The van der Waals surface area contributed by atoms with Gasteiger partial charge in [0.1, 0.15) is 6.07 Å². The monoisotopic (exact) mass is 550 g/mol. The first-order valence-corrected chi connectivity index (χ1v) is 13.5. The van der Waals surface area contributed by atoms with Crippen molar-refractivity contribution >= 4 is 39.8 Å². The predicted octanol–water partition coefficient (Wildman–Crippen LogP) is 4.67. The molecule has 0 saturated heterocycles. The Bertz CT molecular complexity index is 1670. The van der Waals surface area contributed by atoms with Gasteiger partial charge in [0.15, 0.2) is 0 Å². The zero-order valence-corrected chi connectivity index (χ0v) is 23.9. The summed E-state index contributed by atoms with van der Waals surface area (Å²) in [6.45, 7) is 9.03. The third-order valence-electron chi connectivity index (χ3n) is 7.25. The van der Waals surface area contributed by atoms with Gasteiger partial charge in [-0.15, -0.1) is 0 Å². The minimum Gasteiger partial charge on any atom is -0.373 e. The Morgan fingerprint density at radius 2 is 2.02 bits per heavy atom. The second-order valence-electron chi connectivity index (χ2n) is 10.3. The molecular weight excluding hydrogens is 516 g/mol. The number of hydrogen-bond acceptors (Lipinski definition) is 8. The lowest BCUT2D eigenvalue weighted by Gasteiger charge is -2.25. The molecule has 0 aliphatic carbocycles. The van der Waals surface area contributed by atoms with Gasteiger partial charge in [-0.1, -0.05) is 24.8 Å². The van der Waals surface area contributed by atoms with Gasteiger partial charge in [-0.25, -0.2) is 9.97 Å². The molecule has 10 nitrogen and oxygen atoms in total. The number of carbonyl (C=O) groups excluding carboxylic acids is 1.